The van der Waals surface area contributed by atoms with Gasteiger partial charge in [-0.3, -0.25) is 14.8 Å². The molecule has 1 aromatic rings. The van der Waals surface area contributed by atoms with Crippen molar-refractivity contribution in [1.29, 1.82) is 0 Å². The number of hydroxylamine groups is 1. The number of anilines is 1. The van der Waals surface area contributed by atoms with Crippen LogP contribution in [0.4, 0.5) is 5.13 Å². The van der Waals surface area contributed by atoms with E-state index in [1.165, 1.54) is 16.8 Å². The lowest BCUT2D eigenvalue weighted by molar-refractivity contribution is -0.129. The van der Waals surface area contributed by atoms with Crippen LogP contribution in [0.3, 0.4) is 0 Å². The van der Waals surface area contributed by atoms with Crippen LogP contribution in [0, 0.1) is 13.8 Å². The van der Waals surface area contributed by atoms with Gasteiger partial charge in [-0.25, -0.2) is 10.5 Å². The van der Waals surface area contributed by atoms with Crippen LogP contribution in [0.1, 0.15) is 49.6 Å². The van der Waals surface area contributed by atoms with Crippen LogP contribution in [0.2, 0.25) is 0 Å². The molecule has 10 nitrogen and oxygen atoms in total. The molecule has 1 aromatic heterocycles. The Morgan fingerprint density at radius 2 is 2.07 bits per heavy atom. The Kier molecular flexibility index (Phi) is 8.52. The molecule has 1 saturated heterocycles. The van der Waals surface area contributed by atoms with Gasteiger partial charge >= 0.3 is 0 Å². The van der Waals surface area contributed by atoms with Crippen molar-refractivity contribution in [2.75, 3.05) is 25.0 Å². The molecule has 0 bridgehead atoms. The molecule has 0 aromatic carbocycles. The van der Waals surface area contributed by atoms with Crippen molar-refractivity contribution in [2.24, 2.45) is 0 Å². The van der Waals surface area contributed by atoms with Crippen LogP contribution in [0.25, 0.3) is 0 Å². The van der Waals surface area contributed by atoms with Gasteiger partial charge in [0.15, 0.2) is 5.13 Å². The molecule has 12 heteroatoms. The second kappa shape index (κ2) is 10.4. The van der Waals surface area contributed by atoms with Gasteiger partial charge in [0.25, 0.3) is 16.1 Å². The molecule has 0 aliphatic carbocycles. The highest BCUT2D eigenvalue weighted by molar-refractivity contribution is 7.86. The second-order valence-electron chi connectivity index (χ2n) is 7.00. The number of carbonyl (C=O) groups excluding carboxylic acids is 2. The Hall–Kier alpha value is -1.60. The Morgan fingerprint density at radius 1 is 1.34 bits per heavy atom. The van der Waals surface area contributed by atoms with Gasteiger partial charge in [-0.05, 0) is 33.1 Å². The maximum atomic E-state index is 13.2. The van der Waals surface area contributed by atoms with Crippen molar-refractivity contribution in [3.8, 4) is 0 Å². The smallest absolute Gasteiger partial charge is 0.283 e. The van der Waals surface area contributed by atoms with E-state index in [4.69, 9.17) is 5.21 Å². The van der Waals surface area contributed by atoms with E-state index < -0.39 is 34.6 Å². The number of amides is 2. The molecule has 3 N–H and O–H groups in total. The highest BCUT2D eigenvalue weighted by Crippen LogP contribution is 2.27. The number of thiazole rings is 1. The summed E-state index contributed by atoms with van der Waals surface area (Å²) in [7, 11) is -4.06. The van der Waals surface area contributed by atoms with Gasteiger partial charge in [0.05, 0.1) is 12.2 Å². The van der Waals surface area contributed by atoms with Gasteiger partial charge in [0.2, 0.25) is 5.91 Å². The van der Waals surface area contributed by atoms with Gasteiger partial charge in [-0.1, -0.05) is 19.8 Å². The molecule has 1 unspecified atom stereocenters. The molecule has 2 heterocycles. The predicted octanol–water partition coefficient (Wildman–Crippen LogP) is 1.41. The summed E-state index contributed by atoms with van der Waals surface area (Å²) < 4.78 is 28.6. The fourth-order valence-electron chi connectivity index (χ4n) is 3.15. The first-order valence-corrected chi connectivity index (χ1v) is 11.9. The van der Waals surface area contributed by atoms with E-state index in [1.807, 2.05) is 20.8 Å². The van der Waals surface area contributed by atoms with E-state index in [0.717, 1.165) is 32.0 Å². The lowest BCUT2D eigenvalue weighted by atomic mass is 10.2. The zero-order chi connectivity index (χ0) is 21.6. The zero-order valence-corrected chi connectivity index (χ0v) is 18.6. The number of hydrogen-bond acceptors (Lipinski definition) is 7. The third-order valence-corrected chi connectivity index (χ3v) is 7.83. The van der Waals surface area contributed by atoms with Crippen molar-refractivity contribution in [3.63, 3.8) is 0 Å². The fourth-order valence-corrected chi connectivity index (χ4v) is 5.79. The Morgan fingerprint density at radius 3 is 2.66 bits per heavy atom. The maximum Gasteiger partial charge on any atom is 0.283 e. The van der Waals surface area contributed by atoms with Crippen LogP contribution in [0.15, 0.2) is 0 Å². The average Bonchev–Trinajstić information content (AvgIpc) is 3.28. The number of aryl methyl sites for hydroxylation is 2. The number of unbranched alkanes of at least 4 members (excludes halogenated alkanes) is 2. The molecule has 2 amide bonds. The van der Waals surface area contributed by atoms with E-state index in [0.29, 0.717) is 24.4 Å². The number of nitrogens with zero attached hydrogens (tertiary/aromatic N) is 3. The molecule has 0 spiro atoms. The van der Waals surface area contributed by atoms with Gasteiger partial charge in [-0.15, -0.1) is 11.3 Å². The first-order valence-electron chi connectivity index (χ1n) is 9.65. The van der Waals surface area contributed by atoms with Crippen LogP contribution in [-0.2, 0) is 19.8 Å². The van der Waals surface area contributed by atoms with Gasteiger partial charge in [-0.2, -0.15) is 17.0 Å². The molecule has 29 heavy (non-hydrogen) atoms. The van der Waals surface area contributed by atoms with Crippen molar-refractivity contribution in [1.82, 2.24) is 19.1 Å². The Balaban J connectivity index is 2.17. The summed E-state index contributed by atoms with van der Waals surface area (Å²) in [6, 6.07) is -0.865. The topological polar surface area (TPSA) is 132 Å². The number of hydrogen-bond donors (Lipinski definition) is 3. The van der Waals surface area contributed by atoms with Gasteiger partial charge < -0.3 is 5.32 Å². The number of rotatable bonds is 10. The zero-order valence-electron chi connectivity index (χ0n) is 17.0. The van der Waals surface area contributed by atoms with E-state index in [9.17, 15) is 18.0 Å². The molecule has 1 fully saturated rings. The monoisotopic (exact) mass is 447 g/mol. The molecule has 1 aliphatic rings. The van der Waals surface area contributed by atoms with Crippen LogP contribution < -0.4 is 10.8 Å². The fraction of sp³-hybridized carbons (Fsp3) is 0.706. The summed E-state index contributed by atoms with van der Waals surface area (Å²) in [4.78, 5) is 29.7. The minimum absolute atomic E-state index is 0.138. The van der Waals surface area contributed by atoms with E-state index in [2.05, 4.69) is 10.3 Å². The van der Waals surface area contributed by atoms with Gasteiger partial charge in [0.1, 0.15) is 6.04 Å². The minimum atomic E-state index is -4.06. The Labute approximate surface area is 175 Å². The number of nitrogens with one attached hydrogen (secondary N) is 2. The summed E-state index contributed by atoms with van der Waals surface area (Å²) in [6.45, 7) is 5.56. The largest absolute Gasteiger partial charge is 0.301 e. The van der Waals surface area contributed by atoms with Crippen LogP contribution in [0.5, 0.6) is 0 Å². The molecule has 1 aliphatic heterocycles. The van der Waals surface area contributed by atoms with Crippen LogP contribution in [-0.4, -0.2) is 64.7 Å². The number of aromatic nitrogens is 1. The molecular weight excluding hydrogens is 418 g/mol. The van der Waals surface area contributed by atoms with Crippen LogP contribution >= 0.6 is 11.3 Å². The number of carbonyl (C=O) groups is 2. The quantitative estimate of drug-likeness (QED) is 0.282. The lowest BCUT2D eigenvalue weighted by Crippen LogP contribution is -2.52. The normalized spacial score (nSPS) is 17.6. The summed E-state index contributed by atoms with van der Waals surface area (Å²) in [5.74, 6) is -1.25. The van der Waals surface area contributed by atoms with Crippen molar-refractivity contribution >= 4 is 38.5 Å². The van der Waals surface area contributed by atoms with Crippen molar-refractivity contribution in [3.05, 3.63) is 10.6 Å². The molecule has 1 atom stereocenters. The van der Waals surface area contributed by atoms with Gasteiger partial charge in [0, 0.05) is 18.0 Å². The highest BCUT2D eigenvalue weighted by Gasteiger charge is 2.42. The molecule has 164 valence electrons. The summed E-state index contributed by atoms with van der Waals surface area (Å²) in [5, 5.41) is 12.0. The van der Waals surface area contributed by atoms with E-state index in [-0.39, 0.29) is 13.1 Å². The van der Waals surface area contributed by atoms with Crippen molar-refractivity contribution < 1.29 is 23.2 Å². The SMILES string of the molecule is CCCCCN(CC(=O)NO)S(=O)(=O)N1CCCC1C(=O)Nc1nc(C)c(C)s1. The van der Waals surface area contributed by atoms with E-state index in [1.54, 1.807) is 0 Å². The summed E-state index contributed by atoms with van der Waals surface area (Å²) >= 11 is 1.34. The van der Waals surface area contributed by atoms with E-state index >= 15 is 0 Å². The lowest BCUT2D eigenvalue weighted by Gasteiger charge is -2.29. The first kappa shape index (κ1) is 23.7. The maximum absolute atomic E-state index is 13.2. The molecule has 0 saturated carbocycles. The molecule has 2 rings (SSSR count). The third kappa shape index (κ3) is 5.95. The average molecular weight is 448 g/mol. The Bertz CT molecular complexity index is 807. The predicted molar refractivity (Wildman–Crippen MR) is 110 cm³/mol. The second-order valence-corrected chi connectivity index (χ2v) is 10.1. The third-order valence-electron chi connectivity index (χ3n) is 4.84. The molecular formula is C17H29N5O5S2. The summed E-state index contributed by atoms with van der Waals surface area (Å²) in [5.41, 5.74) is 2.29. The minimum Gasteiger partial charge on any atom is -0.301 e. The van der Waals surface area contributed by atoms with Crippen molar-refractivity contribution in [2.45, 2.75) is 58.9 Å². The standard InChI is InChI=1S/C17H29N5O5S2/c1-4-5-6-9-21(11-15(23)20-25)29(26,27)22-10-7-8-14(22)16(24)19-17-18-12(2)13(3)28-17/h14,25H,4-11H2,1-3H3,(H,20,23)(H,18,19,24). The molecule has 0 radical (unpaired) electrons. The highest BCUT2D eigenvalue weighted by atomic mass is 32.2. The summed E-state index contributed by atoms with van der Waals surface area (Å²) in [6.07, 6.45) is 3.21. The first-order chi connectivity index (χ1) is 13.7.